The minimum Gasteiger partial charge on any atom is -0.497 e. The largest absolute Gasteiger partial charge is 0.497 e. The van der Waals surface area contributed by atoms with E-state index < -0.39 is 17.5 Å². The van der Waals surface area contributed by atoms with Crippen molar-refractivity contribution < 1.29 is 18.3 Å². The van der Waals surface area contributed by atoms with Crippen LogP contribution in [0, 0.1) is 11.6 Å². The van der Waals surface area contributed by atoms with E-state index in [-0.39, 0.29) is 11.6 Å². The van der Waals surface area contributed by atoms with Crippen molar-refractivity contribution in [3.05, 3.63) is 65.2 Å². The Bertz CT molecular complexity index is 711. The highest BCUT2D eigenvalue weighted by molar-refractivity contribution is 5.94. The number of hydrogen-bond donors (Lipinski definition) is 0. The maximum absolute atomic E-state index is 13.9. The number of nitrogens with zero attached hydrogens (tertiary/aromatic N) is 1. The van der Waals surface area contributed by atoms with Crippen LogP contribution in [0.5, 0.6) is 5.75 Å². The number of rotatable bonds is 5. The fourth-order valence-corrected chi connectivity index (χ4v) is 2.50. The van der Waals surface area contributed by atoms with E-state index in [9.17, 15) is 13.6 Å². The van der Waals surface area contributed by atoms with Crippen LogP contribution in [0.15, 0.2) is 42.5 Å². The SMILES string of the molecule is COc1ccc(CN(C(=O)c2cc(F)ccc2F)C2CC2)cc1. The number of ether oxygens (including phenoxy) is 1. The Morgan fingerprint density at radius 1 is 1.17 bits per heavy atom. The van der Waals surface area contributed by atoms with Gasteiger partial charge >= 0.3 is 0 Å². The van der Waals surface area contributed by atoms with Crippen molar-refractivity contribution in [1.29, 1.82) is 0 Å². The summed E-state index contributed by atoms with van der Waals surface area (Å²) in [6.07, 6.45) is 1.78. The zero-order chi connectivity index (χ0) is 16.4. The van der Waals surface area contributed by atoms with Crippen LogP contribution in [-0.4, -0.2) is 24.0 Å². The van der Waals surface area contributed by atoms with Crippen LogP contribution in [0.4, 0.5) is 8.78 Å². The zero-order valence-electron chi connectivity index (χ0n) is 12.8. The van der Waals surface area contributed by atoms with Gasteiger partial charge in [0, 0.05) is 12.6 Å². The average molecular weight is 317 g/mol. The number of halogens is 2. The molecule has 0 spiro atoms. The number of carbonyl (C=O) groups is 1. The Kier molecular flexibility index (Phi) is 4.28. The van der Waals surface area contributed by atoms with Gasteiger partial charge < -0.3 is 9.64 Å². The maximum atomic E-state index is 13.9. The van der Waals surface area contributed by atoms with Crippen molar-refractivity contribution >= 4 is 5.91 Å². The molecule has 5 heteroatoms. The van der Waals surface area contributed by atoms with E-state index in [4.69, 9.17) is 4.74 Å². The first kappa shape index (κ1) is 15.5. The van der Waals surface area contributed by atoms with Gasteiger partial charge in [0.05, 0.1) is 12.7 Å². The smallest absolute Gasteiger partial charge is 0.257 e. The van der Waals surface area contributed by atoms with Crippen molar-refractivity contribution in [2.24, 2.45) is 0 Å². The summed E-state index contributed by atoms with van der Waals surface area (Å²) >= 11 is 0. The van der Waals surface area contributed by atoms with E-state index in [1.807, 2.05) is 24.3 Å². The fraction of sp³-hybridized carbons (Fsp3) is 0.278. The molecular formula is C18H17F2NO2. The molecule has 0 aromatic heterocycles. The molecule has 0 unspecified atom stereocenters. The lowest BCUT2D eigenvalue weighted by Gasteiger charge is -2.23. The monoisotopic (exact) mass is 317 g/mol. The van der Waals surface area contributed by atoms with E-state index in [0.29, 0.717) is 6.54 Å². The minimum atomic E-state index is -0.697. The highest BCUT2D eigenvalue weighted by Gasteiger charge is 2.34. The van der Waals surface area contributed by atoms with Crippen LogP contribution in [-0.2, 0) is 6.54 Å². The molecule has 1 aliphatic carbocycles. The van der Waals surface area contributed by atoms with Crippen LogP contribution in [0.2, 0.25) is 0 Å². The quantitative estimate of drug-likeness (QED) is 0.840. The minimum absolute atomic E-state index is 0.0901. The second-order valence-corrected chi connectivity index (χ2v) is 5.64. The molecule has 0 saturated heterocycles. The lowest BCUT2D eigenvalue weighted by atomic mass is 10.1. The molecule has 0 N–H and O–H groups in total. The van der Waals surface area contributed by atoms with Crippen molar-refractivity contribution in [2.45, 2.75) is 25.4 Å². The Labute approximate surface area is 133 Å². The summed E-state index contributed by atoms with van der Waals surface area (Å²) < 4.78 is 32.3. The van der Waals surface area contributed by atoms with E-state index in [0.717, 1.165) is 42.4 Å². The molecule has 120 valence electrons. The van der Waals surface area contributed by atoms with Crippen LogP contribution >= 0.6 is 0 Å². The van der Waals surface area contributed by atoms with Crippen molar-refractivity contribution in [3.8, 4) is 5.75 Å². The van der Waals surface area contributed by atoms with E-state index in [2.05, 4.69) is 0 Å². The van der Waals surface area contributed by atoms with E-state index >= 15 is 0 Å². The van der Waals surface area contributed by atoms with Gasteiger partial charge in [-0.25, -0.2) is 8.78 Å². The Balaban J connectivity index is 1.83. The molecule has 0 heterocycles. The molecule has 3 nitrogen and oxygen atoms in total. The molecule has 1 fully saturated rings. The molecule has 0 bridgehead atoms. The molecule has 1 saturated carbocycles. The number of benzene rings is 2. The van der Waals surface area contributed by atoms with Gasteiger partial charge in [-0.2, -0.15) is 0 Å². The molecule has 23 heavy (non-hydrogen) atoms. The van der Waals surface area contributed by atoms with Crippen LogP contribution in [0.3, 0.4) is 0 Å². The second kappa shape index (κ2) is 6.36. The first-order chi connectivity index (χ1) is 11.1. The summed E-state index contributed by atoms with van der Waals surface area (Å²) in [7, 11) is 1.59. The lowest BCUT2D eigenvalue weighted by molar-refractivity contribution is 0.0724. The van der Waals surface area contributed by atoms with Crippen molar-refractivity contribution in [2.75, 3.05) is 7.11 Å². The molecule has 0 atom stereocenters. The normalized spacial score (nSPS) is 13.7. The summed E-state index contributed by atoms with van der Waals surface area (Å²) in [5, 5.41) is 0. The molecule has 2 aromatic carbocycles. The lowest BCUT2D eigenvalue weighted by Crippen LogP contribution is -2.33. The topological polar surface area (TPSA) is 29.5 Å². The first-order valence-corrected chi connectivity index (χ1v) is 7.47. The molecule has 1 amide bonds. The summed E-state index contributed by atoms with van der Waals surface area (Å²) in [6.45, 7) is 0.365. The standard InChI is InChI=1S/C18H17F2NO2/c1-23-15-7-2-12(3-8-15)11-21(14-5-6-14)18(22)16-10-13(19)4-9-17(16)20/h2-4,7-10,14H,5-6,11H2,1H3. The third kappa shape index (κ3) is 3.50. The molecule has 0 aliphatic heterocycles. The van der Waals surface area contributed by atoms with Gasteiger partial charge in [-0.1, -0.05) is 12.1 Å². The van der Waals surface area contributed by atoms with E-state index in [1.54, 1.807) is 12.0 Å². The number of amides is 1. The average Bonchev–Trinajstić information content (AvgIpc) is 3.39. The van der Waals surface area contributed by atoms with Gasteiger partial charge in [0.1, 0.15) is 17.4 Å². The molecule has 0 radical (unpaired) electrons. The van der Waals surface area contributed by atoms with Gasteiger partial charge in [0.2, 0.25) is 0 Å². The Morgan fingerprint density at radius 2 is 1.87 bits per heavy atom. The Hall–Kier alpha value is -2.43. The predicted molar refractivity (Wildman–Crippen MR) is 82.2 cm³/mol. The highest BCUT2D eigenvalue weighted by Crippen LogP contribution is 2.30. The second-order valence-electron chi connectivity index (χ2n) is 5.64. The van der Waals surface area contributed by atoms with Gasteiger partial charge in [-0.05, 0) is 48.7 Å². The summed E-state index contributed by atoms with van der Waals surface area (Å²) in [4.78, 5) is 14.2. The van der Waals surface area contributed by atoms with Crippen LogP contribution in [0.25, 0.3) is 0 Å². The van der Waals surface area contributed by atoms with E-state index in [1.165, 1.54) is 0 Å². The van der Waals surface area contributed by atoms with Crippen LogP contribution < -0.4 is 4.74 Å². The molecule has 1 aliphatic rings. The predicted octanol–water partition coefficient (Wildman–Crippen LogP) is 3.78. The zero-order valence-corrected chi connectivity index (χ0v) is 12.8. The highest BCUT2D eigenvalue weighted by atomic mass is 19.1. The van der Waals surface area contributed by atoms with Gasteiger partial charge in [-0.3, -0.25) is 4.79 Å². The maximum Gasteiger partial charge on any atom is 0.257 e. The summed E-state index contributed by atoms with van der Waals surface area (Å²) in [5.74, 6) is -1.05. The summed E-state index contributed by atoms with van der Waals surface area (Å²) in [6, 6.07) is 10.4. The first-order valence-electron chi connectivity index (χ1n) is 7.47. The molecule has 3 rings (SSSR count). The summed E-state index contributed by atoms with van der Waals surface area (Å²) in [5.41, 5.74) is 0.702. The van der Waals surface area contributed by atoms with Crippen LogP contribution in [0.1, 0.15) is 28.8 Å². The fourth-order valence-electron chi connectivity index (χ4n) is 2.50. The third-order valence-corrected chi connectivity index (χ3v) is 3.92. The van der Waals surface area contributed by atoms with Gasteiger partial charge in [0.25, 0.3) is 5.91 Å². The number of methoxy groups -OCH3 is 1. The molecule has 2 aromatic rings. The van der Waals surface area contributed by atoms with Gasteiger partial charge in [-0.15, -0.1) is 0 Å². The third-order valence-electron chi connectivity index (χ3n) is 3.92. The van der Waals surface area contributed by atoms with Gasteiger partial charge in [0.15, 0.2) is 0 Å². The number of hydrogen-bond acceptors (Lipinski definition) is 2. The number of carbonyl (C=O) groups excluding carboxylic acids is 1. The van der Waals surface area contributed by atoms with Crippen molar-refractivity contribution in [3.63, 3.8) is 0 Å². The molecular weight excluding hydrogens is 300 g/mol. The Morgan fingerprint density at radius 3 is 2.48 bits per heavy atom. The van der Waals surface area contributed by atoms with Crippen molar-refractivity contribution in [1.82, 2.24) is 4.90 Å².